The van der Waals surface area contributed by atoms with Crippen LogP contribution in [0.5, 0.6) is 0 Å². The zero-order chi connectivity index (χ0) is 17.1. The van der Waals surface area contributed by atoms with Crippen LogP contribution in [-0.4, -0.2) is 5.78 Å². The van der Waals surface area contributed by atoms with E-state index in [4.69, 9.17) is 5.26 Å². The normalized spacial score (nSPS) is 52.3. The van der Waals surface area contributed by atoms with Crippen LogP contribution in [-0.2, 0) is 4.79 Å². The number of rotatable bonds is 0. The molecule has 0 saturated heterocycles. The van der Waals surface area contributed by atoms with Gasteiger partial charge in [-0.15, -0.1) is 0 Å². The second kappa shape index (κ2) is 5.45. The number of allylic oxidation sites excluding steroid dienone is 2. The van der Waals surface area contributed by atoms with Crippen LogP contribution in [0.4, 0.5) is 0 Å². The Bertz CT molecular complexity index is 628. The molecule has 4 unspecified atom stereocenters. The molecular formula is C22H31NO. The minimum Gasteiger partial charge on any atom is -0.299 e. The summed E-state index contributed by atoms with van der Waals surface area (Å²) in [5, 5.41) is 9.14. The fraction of sp³-hybridized carbons (Fsp3) is 0.818. The molecule has 4 aliphatic rings. The maximum atomic E-state index is 13.4. The molecule has 0 amide bonds. The number of nitriles is 1. The Morgan fingerprint density at radius 2 is 2.00 bits per heavy atom. The predicted octanol–water partition coefficient (Wildman–Crippen LogP) is 5.29. The Labute approximate surface area is 146 Å². The molecule has 0 radical (unpaired) electrons. The van der Waals surface area contributed by atoms with Gasteiger partial charge in [0.15, 0.2) is 0 Å². The van der Waals surface area contributed by atoms with Gasteiger partial charge in [0.2, 0.25) is 0 Å². The first-order valence-corrected chi connectivity index (χ1v) is 10.0. The summed E-state index contributed by atoms with van der Waals surface area (Å²) in [6.45, 7) is 7.11. The number of Topliss-reactive ketones (excluding diaryl/α,β-unsaturated/α-hetero) is 1. The minimum atomic E-state index is -0.0286. The van der Waals surface area contributed by atoms with E-state index < -0.39 is 0 Å². The predicted molar refractivity (Wildman–Crippen MR) is 95.0 cm³/mol. The van der Waals surface area contributed by atoms with Gasteiger partial charge >= 0.3 is 0 Å². The quantitative estimate of drug-likeness (QED) is 0.567. The van der Waals surface area contributed by atoms with E-state index in [2.05, 4.69) is 26.8 Å². The van der Waals surface area contributed by atoms with Crippen molar-refractivity contribution in [1.82, 2.24) is 0 Å². The molecule has 2 nitrogen and oxygen atoms in total. The highest BCUT2D eigenvalue weighted by Gasteiger charge is 2.61. The molecule has 4 rings (SSSR count). The second-order valence-corrected chi connectivity index (χ2v) is 9.81. The van der Waals surface area contributed by atoms with Crippen LogP contribution in [0.3, 0.4) is 0 Å². The molecule has 0 aromatic rings. The van der Waals surface area contributed by atoms with Crippen LogP contribution in [0.1, 0.15) is 72.1 Å². The van der Waals surface area contributed by atoms with E-state index in [9.17, 15) is 4.79 Å². The van der Waals surface area contributed by atoms with E-state index >= 15 is 0 Å². The largest absolute Gasteiger partial charge is 0.299 e. The fourth-order valence-corrected chi connectivity index (χ4v) is 7.45. The van der Waals surface area contributed by atoms with E-state index in [1.807, 2.05) is 0 Å². The maximum Gasteiger partial charge on any atom is 0.137 e. The van der Waals surface area contributed by atoms with Crippen molar-refractivity contribution >= 4 is 5.78 Å². The third-order valence-corrected chi connectivity index (χ3v) is 8.70. The number of hydrogen-bond acceptors (Lipinski definition) is 2. The topological polar surface area (TPSA) is 40.9 Å². The van der Waals surface area contributed by atoms with E-state index in [-0.39, 0.29) is 10.8 Å². The van der Waals surface area contributed by atoms with Gasteiger partial charge in [0.1, 0.15) is 5.78 Å². The van der Waals surface area contributed by atoms with Gasteiger partial charge in [-0.1, -0.05) is 32.8 Å². The van der Waals surface area contributed by atoms with Crippen molar-refractivity contribution in [2.75, 3.05) is 0 Å². The molecule has 0 spiro atoms. The highest BCUT2D eigenvalue weighted by molar-refractivity contribution is 5.85. The first-order valence-electron chi connectivity index (χ1n) is 10.0. The summed E-state index contributed by atoms with van der Waals surface area (Å²) in [7, 11) is 0. The summed E-state index contributed by atoms with van der Waals surface area (Å²) in [5.74, 6) is 3.59. The third kappa shape index (κ3) is 2.09. The average molecular weight is 325 g/mol. The van der Waals surface area contributed by atoms with Gasteiger partial charge in [-0.3, -0.25) is 4.79 Å². The molecule has 0 aromatic heterocycles. The number of carbonyl (C=O) groups excluding carboxylic acids is 1. The SMILES string of the molecule is C[C@H]1CC[C@@]2(C)C(CC[C@H]3C4CC/C(=C/C#N)C4(C)CC(=O)C32)C1. The molecule has 0 aliphatic heterocycles. The van der Waals surface area contributed by atoms with Crippen molar-refractivity contribution in [2.24, 2.45) is 40.4 Å². The van der Waals surface area contributed by atoms with E-state index in [1.165, 1.54) is 44.1 Å². The van der Waals surface area contributed by atoms with Crippen molar-refractivity contribution in [3.8, 4) is 6.07 Å². The van der Waals surface area contributed by atoms with Crippen molar-refractivity contribution in [2.45, 2.75) is 72.1 Å². The van der Waals surface area contributed by atoms with Crippen LogP contribution in [0, 0.1) is 51.8 Å². The van der Waals surface area contributed by atoms with Crippen LogP contribution >= 0.6 is 0 Å². The summed E-state index contributed by atoms with van der Waals surface area (Å²) < 4.78 is 0. The highest BCUT2D eigenvalue weighted by Crippen LogP contribution is 2.66. The molecule has 0 heterocycles. The van der Waals surface area contributed by atoms with Crippen molar-refractivity contribution in [1.29, 1.82) is 5.26 Å². The molecule has 7 atom stereocenters. The lowest BCUT2D eigenvalue weighted by atomic mass is 9.44. The van der Waals surface area contributed by atoms with Gasteiger partial charge in [-0.25, -0.2) is 0 Å². The minimum absolute atomic E-state index is 0.0286. The number of nitrogens with zero attached hydrogens (tertiary/aromatic N) is 1. The van der Waals surface area contributed by atoms with Crippen LogP contribution in [0.25, 0.3) is 0 Å². The van der Waals surface area contributed by atoms with E-state index in [0.717, 1.165) is 18.3 Å². The Balaban J connectivity index is 1.70. The number of fused-ring (bicyclic) bond motifs is 5. The number of carbonyl (C=O) groups is 1. The average Bonchev–Trinajstić information content (AvgIpc) is 2.84. The van der Waals surface area contributed by atoms with Gasteiger partial charge in [-0.2, -0.15) is 5.26 Å². The highest BCUT2D eigenvalue weighted by atomic mass is 16.1. The summed E-state index contributed by atoms with van der Waals surface area (Å²) in [5.41, 5.74) is 1.47. The van der Waals surface area contributed by atoms with Gasteiger partial charge in [0, 0.05) is 18.4 Å². The van der Waals surface area contributed by atoms with Crippen LogP contribution < -0.4 is 0 Å². The Morgan fingerprint density at radius 1 is 1.21 bits per heavy atom. The number of ketones is 1. The first-order chi connectivity index (χ1) is 11.4. The van der Waals surface area contributed by atoms with Crippen LogP contribution in [0.2, 0.25) is 0 Å². The van der Waals surface area contributed by atoms with Gasteiger partial charge in [0.25, 0.3) is 0 Å². The zero-order valence-corrected chi connectivity index (χ0v) is 15.5. The van der Waals surface area contributed by atoms with Gasteiger partial charge in [-0.05, 0) is 73.0 Å². The Hall–Kier alpha value is -1.10. The number of hydrogen-bond donors (Lipinski definition) is 0. The standard InChI is InChI=1S/C22H31NO/c1-14-8-10-21(2)16(12-14)4-6-17-18-7-5-15(9-11-23)22(18,3)13-19(24)20(17)21/h9,14,16-18,20H,4-8,10,12-13H2,1-3H3/b15-9-/t14-,16?,17-,18?,20?,21-,22?/m0/s1. The third-order valence-electron chi connectivity index (χ3n) is 8.70. The van der Waals surface area contributed by atoms with E-state index in [0.29, 0.717) is 30.0 Å². The molecular weight excluding hydrogens is 294 g/mol. The molecule has 24 heavy (non-hydrogen) atoms. The van der Waals surface area contributed by atoms with Crippen molar-refractivity contribution in [3.63, 3.8) is 0 Å². The first kappa shape index (κ1) is 16.4. The summed E-state index contributed by atoms with van der Waals surface area (Å²) >= 11 is 0. The van der Waals surface area contributed by atoms with Crippen molar-refractivity contribution < 1.29 is 4.79 Å². The summed E-state index contributed by atoms with van der Waals surface area (Å²) in [4.78, 5) is 13.4. The summed E-state index contributed by atoms with van der Waals surface area (Å²) in [6.07, 6.45) is 11.1. The molecule has 4 saturated carbocycles. The van der Waals surface area contributed by atoms with Gasteiger partial charge < -0.3 is 0 Å². The fourth-order valence-electron chi connectivity index (χ4n) is 7.45. The van der Waals surface area contributed by atoms with Crippen molar-refractivity contribution in [3.05, 3.63) is 11.6 Å². The molecule has 0 bridgehead atoms. The van der Waals surface area contributed by atoms with E-state index in [1.54, 1.807) is 6.08 Å². The molecule has 0 N–H and O–H groups in total. The molecule has 4 fully saturated rings. The molecule has 4 aliphatic carbocycles. The lowest BCUT2D eigenvalue weighted by Crippen LogP contribution is -2.56. The maximum absolute atomic E-state index is 13.4. The second-order valence-electron chi connectivity index (χ2n) is 9.81. The zero-order valence-electron chi connectivity index (χ0n) is 15.5. The van der Waals surface area contributed by atoms with Crippen LogP contribution in [0.15, 0.2) is 11.6 Å². The Kier molecular flexibility index (Phi) is 3.72. The lowest BCUT2D eigenvalue weighted by molar-refractivity contribution is -0.154. The molecule has 2 heteroatoms. The van der Waals surface area contributed by atoms with Gasteiger partial charge in [0.05, 0.1) is 6.07 Å². The Morgan fingerprint density at radius 3 is 2.75 bits per heavy atom. The summed E-state index contributed by atoms with van der Waals surface area (Å²) in [6, 6.07) is 2.24. The monoisotopic (exact) mass is 325 g/mol. The molecule has 130 valence electrons. The smallest absolute Gasteiger partial charge is 0.137 e. The molecule has 0 aromatic carbocycles. The lowest BCUT2D eigenvalue weighted by Gasteiger charge is -2.59.